The Bertz CT molecular complexity index is 1400. The molecule has 33 heavy (non-hydrogen) atoms. The summed E-state index contributed by atoms with van der Waals surface area (Å²) in [6.45, 7) is 0.427. The molecule has 0 atom stereocenters. The van der Waals surface area contributed by atoms with E-state index in [9.17, 15) is 10.1 Å². The number of hydrogen-bond donors (Lipinski definition) is 1. The predicted molar refractivity (Wildman–Crippen MR) is 144 cm³/mol. The van der Waals surface area contributed by atoms with Crippen LogP contribution in [0.2, 0.25) is 0 Å². The maximum atomic E-state index is 12.6. The Morgan fingerprint density at radius 3 is 2.58 bits per heavy atom. The predicted octanol–water partition coefficient (Wildman–Crippen LogP) is 7.33. The van der Waals surface area contributed by atoms with Gasteiger partial charge in [0, 0.05) is 3.57 Å². The van der Waals surface area contributed by atoms with Crippen molar-refractivity contribution in [3.8, 4) is 11.8 Å². The lowest BCUT2D eigenvalue weighted by Gasteiger charge is -2.11. The van der Waals surface area contributed by atoms with Gasteiger partial charge < -0.3 is 10.1 Å². The van der Waals surface area contributed by atoms with E-state index in [1.807, 2.05) is 60.7 Å². The number of benzene rings is 4. The van der Waals surface area contributed by atoms with E-state index in [0.717, 1.165) is 19.0 Å². The first kappa shape index (κ1) is 23.0. The van der Waals surface area contributed by atoms with E-state index in [2.05, 4.69) is 68.1 Å². The van der Waals surface area contributed by atoms with E-state index in [-0.39, 0.29) is 5.57 Å². The fourth-order valence-corrected chi connectivity index (χ4v) is 4.40. The largest absolute Gasteiger partial charge is 0.488 e. The first-order chi connectivity index (χ1) is 16.0. The molecule has 0 unspecified atom stereocenters. The molecule has 0 aliphatic carbocycles. The summed E-state index contributed by atoms with van der Waals surface area (Å²) >= 11 is 5.68. The monoisotopic (exact) mass is 608 g/mol. The number of carbonyl (C=O) groups is 1. The van der Waals surface area contributed by atoms with Gasteiger partial charge in [0.05, 0.1) is 10.2 Å². The van der Waals surface area contributed by atoms with E-state index in [0.29, 0.717) is 23.6 Å². The third-order valence-electron chi connectivity index (χ3n) is 5.02. The summed E-state index contributed by atoms with van der Waals surface area (Å²) in [5, 5.41) is 14.6. The molecule has 4 rings (SSSR count). The van der Waals surface area contributed by atoms with Gasteiger partial charge in [0.15, 0.2) is 0 Å². The third kappa shape index (κ3) is 5.62. The number of anilines is 1. The number of fused-ring (bicyclic) bond motifs is 1. The van der Waals surface area contributed by atoms with Gasteiger partial charge >= 0.3 is 0 Å². The number of amides is 1. The molecule has 0 saturated heterocycles. The van der Waals surface area contributed by atoms with Gasteiger partial charge in [0.25, 0.3) is 5.91 Å². The Morgan fingerprint density at radius 1 is 1.03 bits per heavy atom. The van der Waals surface area contributed by atoms with E-state index in [1.54, 1.807) is 12.1 Å². The number of para-hydroxylation sites is 1. The normalized spacial score (nSPS) is 11.1. The fraction of sp³-hybridized carbons (Fsp3) is 0.0370. The fourth-order valence-electron chi connectivity index (χ4n) is 3.37. The Balaban J connectivity index is 1.49. The topological polar surface area (TPSA) is 62.1 Å². The number of rotatable bonds is 6. The first-order valence-corrected chi connectivity index (χ1v) is 12.0. The molecule has 1 N–H and O–H groups in total. The van der Waals surface area contributed by atoms with Gasteiger partial charge in [-0.3, -0.25) is 4.79 Å². The highest BCUT2D eigenvalue weighted by molar-refractivity contribution is 14.1. The van der Waals surface area contributed by atoms with Crippen LogP contribution >= 0.6 is 38.5 Å². The molecular formula is C27H18BrIN2O2. The van der Waals surface area contributed by atoms with Crippen molar-refractivity contribution in [3.63, 3.8) is 0 Å². The van der Waals surface area contributed by atoms with E-state index >= 15 is 0 Å². The zero-order valence-electron chi connectivity index (χ0n) is 17.4. The van der Waals surface area contributed by atoms with Gasteiger partial charge in [-0.25, -0.2) is 0 Å². The van der Waals surface area contributed by atoms with Crippen molar-refractivity contribution in [1.82, 2.24) is 0 Å². The second kappa shape index (κ2) is 10.6. The van der Waals surface area contributed by atoms with Crippen molar-refractivity contribution in [3.05, 3.63) is 110 Å². The van der Waals surface area contributed by atoms with Gasteiger partial charge in [0.1, 0.15) is 24.0 Å². The average Bonchev–Trinajstić information content (AvgIpc) is 2.83. The molecule has 0 radical (unpaired) electrons. The Kier molecular flexibility index (Phi) is 7.43. The van der Waals surface area contributed by atoms with Gasteiger partial charge in [-0.1, -0.05) is 60.7 Å². The van der Waals surface area contributed by atoms with Crippen LogP contribution in [0, 0.1) is 14.9 Å². The zero-order chi connectivity index (χ0) is 23.2. The lowest BCUT2D eigenvalue weighted by Crippen LogP contribution is -2.14. The molecule has 0 heterocycles. The van der Waals surface area contributed by atoms with Crippen LogP contribution in [0.4, 0.5) is 5.69 Å². The molecule has 0 fully saturated rings. The summed E-state index contributed by atoms with van der Waals surface area (Å²) in [4.78, 5) is 12.6. The number of nitrogens with one attached hydrogen (secondary N) is 1. The minimum absolute atomic E-state index is 0.0194. The highest BCUT2D eigenvalue weighted by Gasteiger charge is 2.12. The Morgan fingerprint density at radius 2 is 1.79 bits per heavy atom. The summed E-state index contributed by atoms with van der Waals surface area (Å²) in [5.41, 5.74) is 2.50. The second-order valence-electron chi connectivity index (χ2n) is 7.22. The van der Waals surface area contributed by atoms with Gasteiger partial charge in [0.2, 0.25) is 0 Å². The molecule has 0 saturated carbocycles. The molecule has 0 aliphatic heterocycles. The van der Waals surface area contributed by atoms with E-state index in [1.165, 1.54) is 5.39 Å². The van der Waals surface area contributed by atoms with Crippen molar-refractivity contribution in [2.75, 3.05) is 5.32 Å². The summed E-state index contributed by atoms with van der Waals surface area (Å²) in [6, 6.07) is 29.2. The molecule has 4 aromatic carbocycles. The summed E-state index contributed by atoms with van der Waals surface area (Å²) < 4.78 is 7.69. The molecule has 162 valence electrons. The maximum absolute atomic E-state index is 12.6. The first-order valence-electron chi connectivity index (χ1n) is 10.1. The minimum Gasteiger partial charge on any atom is -0.488 e. The average molecular weight is 609 g/mol. The molecule has 0 spiro atoms. The highest BCUT2D eigenvalue weighted by Crippen LogP contribution is 2.29. The standard InChI is InChI=1S/C27H18BrIN2O2/c28-23-15-18(14-21(16-30)27(32)31-25-11-4-3-10-24(25)29)12-13-26(23)33-17-20-8-5-7-19-6-1-2-9-22(19)20/h1-15H,17H2,(H,31,32)/b21-14-. The molecule has 1 amide bonds. The number of nitrogens with zero attached hydrogens (tertiary/aromatic N) is 1. The number of hydrogen-bond acceptors (Lipinski definition) is 3. The third-order valence-corrected chi connectivity index (χ3v) is 6.58. The van der Waals surface area contributed by atoms with Crippen LogP contribution in [0.25, 0.3) is 16.8 Å². The lowest BCUT2D eigenvalue weighted by molar-refractivity contribution is -0.112. The van der Waals surface area contributed by atoms with Crippen molar-refractivity contribution < 1.29 is 9.53 Å². The van der Waals surface area contributed by atoms with Crippen LogP contribution in [-0.4, -0.2) is 5.91 Å². The summed E-state index contributed by atoms with van der Waals surface area (Å²) in [5.74, 6) is 0.232. The van der Waals surface area contributed by atoms with Gasteiger partial charge in [-0.2, -0.15) is 5.26 Å². The van der Waals surface area contributed by atoms with Gasteiger partial charge in [-0.15, -0.1) is 0 Å². The Hall–Kier alpha value is -3.15. The van der Waals surface area contributed by atoms with Crippen molar-refractivity contribution in [2.24, 2.45) is 0 Å². The lowest BCUT2D eigenvalue weighted by atomic mass is 10.1. The smallest absolute Gasteiger partial charge is 0.266 e. The summed E-state index contributed by atoms with van der Waals surface area (Å²) in [6.07, 6.45) is 1.56. The van der Waals surface area contributed by atoms with Crippen LogP contribution < -0.4 is 10.1 Å². The van der Waals surface area contributed by atoms with Crippen LogP contribution in [0.15, 0.2) is 95.0 Å². The number of halogens is 2. The van der Waals surface area contributed by atoms with Crippen molar-refractivity contribution >= 4 is 67.0 Å². The van der Waals surface area contributed by atoms with Crippen molar-refractivity contribution in [1.29, 1.82) is 5.26 Å². The van der Waals surface area contributed by atoms with Crippen LogP contribution in [0.5, 0.6) is 5.75 Å². The Labute approximate surface area is 214 Å². The highest BCUT2D eigenvalue weighted by atomic mass is 127. The summed E-state index contributed by atoms with van der Waals surface area (Å²) in [7, 11) is 0. The van der Waals surface area contributed by atoms with Crippen molar-refractivity contribution in [2.45, 2.75) is 6.61 Å². The van der Waals surface area contributed by atoms with E-state index < -0.39 is 5.91 Å². The van der Waals surface area contributed by atoms with Gasteiger partial charge in [-0.05, 0) is 90.8 Å². The molecule has 4 nitrogen and oxygen atoms in total. The molecular weight excluding hydrogens is 591 g/mol. The zero-order valence-corrected chi connectivity index (χ0v) is 21.1. The quantitative estimate of drug-likeness (QED) is 0.142. The number of carbonyl (C=O) groups excluding carboxylic acids is 1. The van der Waals surface area contributed by atoms with Crippen LogP contribution in [0.1, 0.15) is 11.1 Å². The minimum atomic E-state index is -0.450. The second-order valence-corrected chi connectivity index (χ2v) is 9.24. The SMILES string of the molecule is N#C/C(=C/c1ccc(OCc2cccc3ccccc23)c(Br)c1)C(=O)Nc1ccccc1I. The van der Waals surface area contributed by atoms with E-state index in [4.69, 9.17) is 4.74 Å². The molecule has 0 aromatic heterocycles. The molecule has 0 bridgehead atoms. The number of nitriles is 1. The maximum Gasteiger partial charge on any atom is 0.266 e. The van der Waals surface area contributed by atoms with Crippen LogP contribution in [0.3, 0.4) is 0 Å². The number of ether oxygens (including phenoxy) is 1. The molecule has 0 aliphatic rings. The molecule has 6 heteroatoms. The van der Waals surface area contributed by atoms with Crippen LogP contribution in [-0.2, 0) is 11.4 Å². The molecule has 4 aromatic rings.